The van der Waals surface area contributed by atoms with Crippen molar-refractivity contribution in [2.75, 3.05) is 38.2 Å². The van der Waals surface area contributed by atoms with Crippen molar-refractivity contribution in [3.05, 3.63) is 29.3 Å². The third-order valence-corrected chi connectivity index (χ3v) is 8.05. The average Bonchev–Trinajstić information content (AvgIpc) is 3.21. The molecule has 172 valence electrons. The monoisotopic (exact) mass is 448 g/mol. The first kappa shape index (κ1) is 22.6. The SMILES string of the molecule is CS(=O)(=O)CC(=O)N[C@H]1CC[C@H](CCN2CCC(c3cccc4c3CCO4)CC2)CC1. The highest BCUT2D eigenvalue weighted by molar-refractivity contribution is 7.91. The molecule has 31 heavy (non-hydrogen) atoms. The number of nitrogens with one attached hydrogen (secondary N) is 1. The van der Waals surface area contributed by atoms with E-state index in [4.69, 9.17) is 4.74 Å². The smallest absolute Gasteiger partial charge is 0.235 e. The Morgan fingerprint density at radius 2 is 1.87 bits per heavy atom. The first-order valence-electron chi connectivity index (χ1n) is 11.8. The van der Waals surface area contributed by atoms with Gasteiger partial charge < -0.3 is 15.0 Å². The zero-order chi connectivity index (χ0) is 21.8. The molecule has 1 aromatic rings. The van der Waals surface area contributed by atoms with E-state index in [9.17, 15) is 13.2 Å². The Morgan fingerprint density at radius 3 is 2.58 bits per heavy atom. The molecule has 0 unspecified atom stereocenters. The summed E-state index contributed by atoms with van der Waals surface area (Å²) < 4.78 is 28.2. The highest BCUT2D eigenvalue weighted by Gasteiger charge is 2.27. The Morgan fingerprint density at radius 1 is 1.13 bits per heavy atom. The zero-order valence-electron chi connectivity index (χ0n) is 18.6. The van der Waals surface area contributed by atoms with Crippen LogP contribution in [0.3, 0.4) is 0 Å². The van der Waals surface area contributed by atoms with E-state index < -0.39 is 15.6 Å². The fourth-order valence-electron chi connectivity index (χ4n) is 5.57. The fraction of sp³-hybridized carbons (Fsp3) is 0.708. The third kappa shape index (κ3) is 6.22. The lowest BCUT2D eigenvalue weighted by Crippen LogP contribution is -2.41. The molecule has 1 aliphatic carbocycles. The standard InChI is InChI=1S/C24H36N2O4S/c1-31(28,29)17-24(27)25-20-7-5-18(6-8-20)9-13-26-14-10-19(11-15-26)21-3-2-4-23-22(21)12-16-30-23/h2-4,18-20H,5-17H2,1H3,(H,25,27)/t18-,20-. The normalized spacial score (nSPS) is 25.1. The molecule has 1 saturated heterocycles. The third-order valence-electron chi connectivity index (χ3n) is 7.27. The number of rotatable bonds is 7. The Hall–Kier alpha value is -1.60. The number of fused-ring (bicyclic) bond motifs is 1. The number of carbonyl (C=O) groups excluding carboxylic acids is 1. The van der Waals surface area contributed by atoms with E-state index in [-0.39, 0.29) is 11.9 Å². The van der Waals surface area contributed by atoms with Crippen molar-refractivity contribution in [2.24, 2.45) is 5.92 Å². The van der Waals surface area contributed by atoms with Gasteiger partial charge >= 0.3 is 0 Å². The van der Waals surface area contributed by atoms with E-state index in [1.54, 1.807) is 0 Å². The molecule has 0 spiro atoms. The summed E-state index contributed by atoms with van der Waals surface area (Å²) in [5.41, 5.74) is 2.97. The van der Waals surface area contributed by atoms with Crippen LogP contribution >= 0.6 is 0 Å². The van der Waals surface area contributed by atoms with Crippen LogP contribution in [0.15, 0.2) is 18.2 Å². The van der Waals surface area contributed by atoms with Crippen LogP contribution in [0.4, 0.5) is 0 Å². The van der Waals surface area contributed by atoms with Crippen molar-refractivity contribution in [2.45, 2.75) is 63.3 Å². The number of hydrogen-bond donors (Lipinski definition) is 1. The van der Waals surface area contributed by atoms with Gasteiger partial charge in [0.15, 0.2) is 9.84 Å². The number of hydrogen-bond acceptors (Lipinski definition) is 5. The number of carbonyl (C=O) groups is 1. The van der Waals surface area contributed by atoms with Crippen LogP contribution in [0.5, 0.6) is 5.75 Å². The fourth-order valence-corrected chi connectivity index (χ4v) is 6.13. The minimum atomic E-state index is -3.25. The van der Waals surface area contributed by atoms with Crippen molar-refractivity contribution in [1.29, 1.82) is 0 Å². The molecule has 4 rings (SSSR count). The van der Waals surface area contributed by atoms with E-state index in [0.717, 1.165) is 56.6 Å². The lowest BCUT2D eigenvalue weighted by Gasteiger charge is -2.35. The minimum absolute atomic E-state index is 0.137. The number of ether oxygens (including phenoxy) is 1. The summed E-state index contributed by atoms with van der Waals surface area (Å²) in [5.74, 6) is 1.73. The van der Waals surface area contributed by atoms with Crippen molar-refractivity contribution < 1.29 is 17.9 Å². The quantitative estimate of drug-likeness (QED) is 0.694. The second kappa shape index (κ2) is 9.90. The van der Waals surface area contributed by atoms with Gasteiger partial charge in [0.2, 0.25) is 5.91 Å². The van der Waals surface area contributed by atoms with Crippen LogP contribution in [-0.2, 0) is 21.1 Å². The van der Waals surface area contributed by atoms with Crippen LogP contribution in [0.1, 0.15) is 62.0 Å². The van der Waals surface area contributed by atoms with Crippen LogP contribution in [0.25, 0.3) is 0 Å². The molecular formula is C24H36N2O4S. The maximum absolute atomic E-state index is 11.8. The second-order valence-electron chi connectivity index (χ2n) is 9.68. The Labute approximate surface area is 186 Å². The van der Waals surface area contributed by atoms with Crippen molar-refractivity contribution in [3.63, 3.8) is 0 Å². The molecule has 6 nitrogen and oxygen atoms in total. The predicted octanol–water partition coefficient (Wildman–Crippen LogP) is 2.91. The van der Waals surface area contributed by atoms with Gasteiger partial charge in [-0.2, -0.15) is 0 Å². The molecule has 0 atom stereocenters. The Balaban J connectivity index is 1.15. The topological polar surface area (TPSA) is 75.7 Å². The van der Waals surface area contributed by atoms with Gasteiger partial charge in [-0.25, -0.2) is 8.42 Å². The van der Waals surface area contributed by atoms with Crippen LogP contribution in [-0.4, -0.2) is 63.5 Å². The van der Waals surface area contributed by atoms with E-state index in [2.05, 4.69) is 28.4 Å². The van der Waals surface area contributed by atoms with Gasteiger partial charge in [0.1, 0.15) is 11.5 Å². The molecule has 2 heterocycles. The number of benzene rings is 1. The van der Waals surface area contributed by atoms with E-state index in [0.29, 0.717) is 5.92 Å². The molecule has 2 fully saturated rings. The van der Waals surface area contributed by atoms with Crippen molar-refractivity contribution >= 4 is 15.7 Å². The summed E-state index contributed by atoms with van der Waals surface area (Å²) in [4.78, 5) is 14.4. The number of piperidine rings is 1. The van der Waals surface area contributed by atoms with Gasteiger partial charge in [0, 0.05) is 24.3 Å². The molecular weight excluding hydrogens is 412 g/mol. The molecule has 1 aromatic carbocycles. The van der Waals surface area contributed by atoms with E-state index >= 15 is 0 Å². The molecule has 1 saturated carbocycles. The predicted molar refractivity (Wildman–Crippen MR) is 122 cm³/mol. The van der Waals surface area contributed by atoms with Gasteiger partial charge in [-0.1, -0.05) is 12.1 Å². The van der Waals surface area contributed by atoms with Crippen LogP contribution in [0, 0.1) is 5.92 Å². The molecule has 7 heteroatoms. The van der Waals surface area contributed by atoms with E-state index in [1.807, 2.05) is 0 Å². The molecule has 3 aliphatic rings. The van der Waals surface area contributed by atoms with Crippen molar-refractivity contribution in [1.82, 2.24) is 10.2 Å². The summed E-state index contributed by atoms with van der Waals surface area (Å²) in [7, 11) is -3.25. The number of likely N-dealkylation sites (tertiary alicyclic amines) is 1. The molecule has 0 bridgehead atoms. The lowest BCUT2D eigenvalue weighted by molar-refractivity contribution is -0.119. The molecule has 1 N–H and O–H groups in total. The number of nitrogens with zero attached hydrogens (tertiary/aromatic N) is 1. The molecule has 0 radical (unpaired) electrons. The summed E-state index contributed by atoms with van der Waals surface area (Å²) in [6.45, 7) is 4.34. The van der Waals surface area contributed by atoms with Crippen molar-refractivity contribution in [3.8, 4) is 5.75 Å². The largest absolute Gasteiger partial charge is 0.493 e. The maximum atomic E-state index is 11.8. The lowest BCUT2D eigenvalue weighted by atomic mass is 9.83. The summed E-state index contributed by atoms with van der Waals surface area (Å²) in [5, 5.41) is 2.90. The number of amides is 1. The number of sulfone groups is 1. The van der Waals surface area contributed by atoms with Gasteiger partial charge in [-0.15, -0.1) is 0 Å². The Kier molecular flexibility index (Phi) is 7.22. The highest BCUT2D eigenvalue weighted by atomic mass is 32.2. The van der Waals surface area contributed by atoms with Gasteiger partial charge in [-0.3, -0.25) is 4.79 Å². The first-order valence-corrected chi connectivity index (χ1v) is 13.9. The average molecular weight is 449 g/mol. The second-order valence-corrected chi connectivity index (χ2v) is 11.8. The van der Waals surface area contributed by atoms with E-state index in [1.165, 1.54) is 50.0 Å². The summed E-state index contributed by atoms with van der Waals surface area (Å²) in [6.07, 6.45) is 10.0. The molecule has 2 aliphatic heterocycles. The highest BCUT2D eigenvalue weighted by Crippen LogP contribution is 2.37. The van der Waals surface area contributed by atoms with Gasteiger partial charge in [-0.05, 0) is 88.0 Å². The minimum Gasteiger partial charge on any atom is -0.493 e. The van der Waals surface area contributed by atoms with Crippen LogP contribution in [0.2, 0.25) is 0 Å². The zero-order valence-corrected chi connectivity index (χ0v) is 19.5. The maximum Gasteiger partial charge on any atom is 0.235 e. The summed E-state index contributed by atoms with van der Waals surface area (Å²) in [6, 6.07) is 6.69. The molecule has 1 amide bonds. The Bertz CT molecular complexity index is 870. The first-order chi connectivity index (χ1) is 14.9. The summed E-state index contributed by atoms with van der Waals surface area (Å²) >= 11 is 0. The molecule has 0 aromatic heterocycles. The van der Waals surface area contributed by atoms with Crippen LogP contribution < -0.4 is 10.1 Å². The van der Waals surface area contributed by atoms with Gasteiger partial charge in [0.25, 0.3) is 0 Å². The van der Waals surface area contributed by atoms with Gasteiger partial charge in [0.05, 0.1) is 6.61 Å².